The van der Waals surface area contributed by atoms with Gasteiger partial charge in [-0.15, -0.1) is 0 Å². The summed E-state index contributed by atoms with van der Waals surface area (Å²) < 4.78 is 0. The van der Waals surface area contributed by atoms with E-state index in [0.717, 1.165) is 5.56 Å². The largest absolute Gasteiger partial charge is 0.481 e. The molecule has 0 fully saturated rings. The first kappa shape index (κ1) is 14.2. The minimum absolute atomic E-state index is 0.110. The van der Waals surface area contributed by atoms with Crippen LogP contribution in [0.2, 0.25) is 0 Å². The molecule has 1 unspecified atom stereocenters. The maximum absolute atomic E-state index is 11.0. The molecule has 5 nitrogen and oxygen atoms in total. The molecule has 0 saturated carbocycles. The van der Waals surface area contributed by atoms with E-state index in [1.54, 1.807) is 18.2 Å². The number of carboxylic acids is 1. The van der Waals surface area contributed by atoms with Gasteiger partial charge in [0.15, 0.2) is 0 Å². The first-order valence-corrected chi connectivity index (χ1v) is 5.83. The quantitative estimate of drug-likeness (QED) is 0.676. The Labute approximate surface area is 106 Å². The monoisotopic (exact) mass is 250 g/mol. The van der Waals surface area contributed by atoms with Crippen molar-refractivity contribution in [2.45, 2.75) is 32.4 Å². The maximum atomic E-state index is 11.0. The zero-order chi connectivity index (χ0) is 13.5. The number of hydrogen-bond donors (Lipinski definition) is 3. The number of benzene rings is 1. The third kappa shape index (κ3) is 4.97. The summed E-state index contributed by atoms with van der Waals surface area (Å²) in [5, 5.41) is 11.8. The Hall–Kier alpha value is -1.88. The summed E-state index contributed by atoms with van der Waals surface area (Å²) in [7, 11) is 0. The molecule has 98 valence electrons. The number of primary amides is 1. The van der Waals surface area contributed by atoms with Crippen LogP contribution in [0, 0.1) is 0 Å². The summed E-state index contributed by atoms with van der Waals surface area (Å²) in [6.07, 6.45) is 0.723. The fourth-order valence-corrected chi connectivity index (χ4v) is 1.57. The first-order chi connectivity index (χ1) is 8.49. The summed E-state index contributed by atoms with van der Waals surface area (Å²) >= 11 is 0. The first-order valence-electron chi connectivity index (χ1n) is 5.83. The van der Waals surface area contributed by atoms with Crippen molar-refractivity contribution in [1.29, 1.82) is 0 Å². The smallest absolute Gasteiger partial charge is 0.303 e. The predicted molar refractivity (Wildman–Crippen MR) is 68.1 cm³/mol. The molecule has 0 saturated heterocycles. The number of hydrogen-bond acceptors (Lipinski definition) is 3. The summed E-state index contributed by atoms with van der Waals surface area (Å²) in [5.41, 5.74) is 6.63. The van der Waals surface area contributed by atoms with Crippen LogP contribution in [0.25, 0.3) is 0 Å². The molecule has 0 aliphatic heterocycles. The fraction of sp³-hybridized carbons (Fsp3) is 0.385. The molecule has 1 amide bonds. The Morgan fingerprint density at radius 3 is 2.78 bits per heavy atom. The van der Waals surface area contributed by atoms with Crippen LogP contribution in [0.1, 0.15) is 35.7 Å². The highest BCUT2D eigenvalue weighted by Gasteiger charge is 2.06. The van der Waals surface area contributed by atoms with Crippen LogP contribution in [-0.2, 0) is 11.3 Å². The zero-order valence-electron chi connectivity index (χ0n) is 10.3. The summed E-state index contributed by atoms with van der Waals surface area (Å²) in [6.45, 7) is 2.52. The Morgan fingerprint density at radius 2 is 2.17 bits per heavy atom. The lowest BCUT2D eigenvalue weighted by atomic mass is 10.1. The van der Waals surface area contributed by atoms with E-state index >= 15 is 0 Å². The van der Waals surface area contributed by atoms with Crippen LogP contribution in [0.4, 0.5) is 0 Å². The number of carbonyl (C=O) groups excluding carboxylic acids is 1. The van der Waals surface area contributed by atoms with Crippen molar-refractivity contribution >= 4 is 11.9 Å². The molecule has 0 aliphatic rings. The average molecular weight is 250 g/mol. The van der Waals surface area contributed by atoms with Gasteiger partial charge in [0.1, 0.15) is 0 Å². The molecule has 4 N–H and O–H groups in total. The third-order valence-electron chi connectivity index (χ3n) is 2.66. The van der Waals surface area contributed by atoms with Crippen LogP contribution in [-0.4, -0.2) is 23.0 Å². The SMILES string of the molecule is CC(CCC(=O)O)NCc1cccc(C(N)=O)c1. The lowest BCUT2D eigenvalue weighted by Crippen LogP contribution is -2.26. The van der Waals surface area contributed by atoms with Gasteiger partial charge in [-0.2, -0.15) is 0 Å². The standard InChI is InChI=1S/C13H18N2O3/c1-9(5-6-12(16)17)15-8-10-3-2-4-11(7-10)13(14)18/h2-4,7,9,15H,5-6,8H2,1H3,(H2,14,18)(H,16,17). The lowest BCUT2D eigenvalue weighted by molar-refractivity contribution is -0.137. The number of amides is 1. The highest BCUT2D eigenvalue weighted by Crippen LogP contribution is 2.05. The van der Waals surface area contributed by atoms with Gasteiger partial charge in [-0.25, -0.2) is 0 Å². The van der Waals surface area contributed by atoms with Gasteiger partial charge in [0, 0.05) is 24.6 Å². The van der Waals surface area contributed by atoms with E-state index in [-0.39, 0.29) is 12.5 Å². The molecule has 0 bridgehead atoms. The van der Waals surface area contributed by atoms with E-state index in [2.05, 4.69) is 5.32 Å². The minimum Gasteiger partial charge on any atom is -0.481 e. The maximum Gasteiger partial charge on any atom is 0.303 e. The molecule has 1 aromatic carbocycles. The Morgan fingerprint density at radius 1 is 1.44 bits per heavy atom. The lowest BCUT2D eigenvalue weighted by Gasteiger charge is -2.12. The summed E-state index contributed by atoms with van der Waals surface area (Å²) in [5.74, 6) is -1.24. The molecule has 0 spiro atoms. The van der Waals surface area contributed by atoms with Crippen LogP contribution in [0.3, 0.4) is 0 Å². The van der Waals surface area contributed by atoms with Crippen LogP contribution in [0.15, 0.2) is 24.3 Å². The van der Waals surface area contributed by atoms with E-state index in [1.165, 1.54) is 0 Å². The zero-order valence-corrected chi connectivity index (χ0v) is 10.3. The second kappa shape index (κ2) is 6.76. The van der Waals surface area contributed by atoms with Gasteiger partial charge in [0.2, 0.25) is 5.91 Å². The highest BCUT2D eigenvalue weighted by atomic mass is 16.4. The van der Waals surface area contributed by atoms with Crippen molar-refractivity contribution in [2.24, 2.45) is 5.73 Å². The second-order valence-electron chi connectivity index (χ2n) is 4.28. The molecule has 0 aliphatic carbocycles. The van der Waals surface area contributed by atoms with E-state index in [1.807, 2.05) is 13.0 Å². The molecule has 0 radical (unpaired) electrons. The minimum atomic E-state index is -0.792. The van der Waals surface area contributed by atoms with E-state index < -0.39 is 11.9 Å². The van der Waals surface area contributed by atoms with Gasteiger partial charge in [-0.3, -0.25) is 9.59 Å². The topological polar surface area (TPSA) is 92.4 Å². The number of rotatable bonds is 7. The molecular formula is C13H18N2O3. The van der Waals surface area contributed by atoms with Crippen molar-refractivity contribution < 1.29 is 14.7 Å². The summed E-state index contributed by atoms with van der Waals surface area (Å²) in [4.78, 5) is 21.4. The van der Waals surface area contributed by atoms with Gasteiger partial charge >= 0.3 is 5.97 Å². The molecule has 18 heavy (non-hydrogen) atoms. The Kier molecular flexibility index (Phi) is 5.32. The molecule has 1 aromatic rings. The van der Waals surface area contributed by atoms with Crippen LogP contribution >= 0.6 is 0 Å². The molecule has 5 heteroatoms. The van der Waals surface area contributed by atoms with Crippen molar-refractivity contribution in [3.05, 3.63) is 35.4 Å². The molecule has 1 rings (SSSR count). The van der Waals surface area contributed by atoms with E-state index in [4.69, 9.17) is 10.8 Å². The van der Waals surface area contributed by atoms with Gasteiger partial charge in [0.05, 0.1) is 0 Å². The normalized spacial score (nSPS) is 12.1. The number of carbonyl (C=O) groups is 2. The molecule has 1 atom stereocenters. The van der Waals surface area contributed by atoms with Gasteiger partial charge < -0.3 is 16.2 Å². The van der Waals surface area contributed by atoms with Crippen molar-refractivity contribution in [2.75, 3.05) is 0 Å². The van der Waals surface area contributed by atoms with Gasteiger partial charge in [-0.1, -0.05) is 12.1 Å². The molecule has 0 heterocycles. The molecular weight excluding hydrogens is 232 g/mol. The van der Waals surface area contributed by atoms with Gasteiger partial charge in [0.25, 0.3) is 0 Å². The van der Waals surface area contributed by atoms with Crippen molar-refractivity contribution in [3.8, 4) is 0 Å². The predicted octanol–water partition coefficient (Wildman–Crippen LogP) is 1.13. The van der Waals surface area contributed by atoms with Crippen LogP contribution < -0.4 is 11.1 Å². The van der Waals surface area contributed by atoms with Crippen molar-refractivity contribution in [3.63, 3.8) is 0 Å². The van der Waals surface area contributed by atoms with E-state index in [0.29, 0.717) is 18.5 Å². The Balaban J connectivity index is 2.45. The summed E-state index contributed by atoms with van der Waals surface area (Å²) in [6, 6.07) is 7.18. The number of nitrogens with one attached hydrogen (secondary N) is 1. The number of nitrogens with two attached hydrogens (primary N) is 1. The van der Waals surface area contributed by atoms with E-state index in [9.17, 15) is 9.59 Å². The van der Waals surface area contributed by atoms with Gasteiger partial charge in [-0.05, 0) is 31.0 Å². The average Bonchev–Trinajstić information content (AvgIpc) is 2.34. The second-order valence-corrected chi connectivity index (χ2v) is 4.28. The van der Waals surface area contributed by atoms with Crippen molar-refractivity contribution in [1.82, 2.24) is 5.32 Å². The third-order valence-corrected chi connectivity index (χ3v) is 2.66. The van der Waals surface area contributed by atoms with Crippen LogP contribution in [0.5, 0.6) is 0 Å². The highest BCUT2D eigenvalue weighted by molar-refractivity contribution is 5.92. The fourth-order valence-electron chi connectivity index (χ4n) is 1.57. The Bertz CT molecular complexity index is 432. The number of carboxylic acid groups (broad SMARTS) is 1. The number of aliphatic carboxylic acids is 1. The molecule has 0 aromatic heterocycles.